The van der Waals surface area contributed by atoms with Crippen LogP contribution in [-0.4, -0.2) is 4.98 Å². The van der Waals surface area contributed by atoms with Gasteiger partial charge in [0.05, 0.1) is 11.1 Å². The molecule has 2 heteroatoms. The highest BCUT2D eigenvalue weighted by Crippen LogP contribution is 2.52. The van der Waals surface area contributed by atoms with Crippen LogP contribution < -0.4 is 4.74 Å². The maximum absolute atomic E-state index is 6.96. The topological polar surface area (TPSA) is 22.1 Å². The smallest absolute Gasteiger partial charge is 0.140 e. The summed E-state index contributed by atoms with van der Waals surface area (Å²) in [5.41, 5.74) is 5.07. The number of hydrogen-bond donors (Lipinski definition) is 0. The lowest BCUT2D eigenvalue weighted by Crippen LogP contribution is -2.12. The van der Waals surface area contributed by atoms with Gasteiger partial charge in [-0.1, -0.05) is 84.0 Å². The molecule has 7 rings (SSSR count). The Hall–Kier alpha value is -3.91. The van der Waals surface area contributed by atoms with Gasteiger partial charge in [0.25, 0.3) is 0 Å². The quantitative estimate of drug-likeness (QED) is 0.171. The Labute approximate surface area is 230 Å². The van der Waals surface area contributed by atoms with Crippen molar-refractivity contribution in [3.63, 3.8) is 0 Å². The minimum atomic E-state index is 0.0992. The maximum atomic E-state index is 6.96. The zero-order chi connectivity index (χ0) is 27.1. The number of ether oxygens (including phenoxy) is 1. The van der Waals surface area contributed by atoms with Gasteiger partial charge in [0.2, 0.25) is 0 Å². The number of hydrogen-bond acceptors (Lipinski definition) is 2. The van der Waals surface area contributed by atoms with Crippen molar-refractivity contribution >= 4 is 43.1 Å². The van der Waals surface area contributed by atoms with Crippen molar-refractivity contribution in [3.05, 3.63) is 90.1 Å². The van der Waals surface area contributed by atoms with Crippen molar-refractivity contribution in [2.24, 2.45) is 10.8 Å². The van der Waals surface area contributed by atoms with E-state index in [1.807, 2.05) is 6.20 Å². The van der Waals surface area contributed by atoms with Crippen molar-refractivity contribution in [3.8, 4) is 22.8 Å². The molecule has 1 aromatic heterocycles. The zero-order valence-electron chi connectivity index (χ0n) is 23.8. The zero-order valence-corrected chi connectivity index (χ0v) is 23.8. The van der Waals surface area contributed by atoms with Crippen molar-refractivity contribution in [2.45, 2.75) is 54.4 Å². The van der Waals surface area contributed by atoms with E-state index >= 15 is 0 Å². The van der Waals surface area contributed by atoms with Crippen LogP contribution in [0.2, 0.25) is 0 Å². The first kappa shape index (κ1) is 24.2. The molecular weight excluding hydrogens is 474 g/mol. The molecule has 2 heterocycles. The number of benzene rings is 5. The predicted molar refractivity (Wildman–Crippen MR) is 166 cm³/mol. The van der Waals surface area contributed by atoms with E-state index in [0.717, 1.165) is 41.0 Å². The summed E-state index contributed by atoms with van der Waals surface area (Å²) >= 11 is 0. The van der Waals surface area contributed by atoms with Gasteiger partial charge >= 0.3 is 0 Å². The fourth-order valence-corrected chi connectivity index (χ4v) is 6.46. The molecule has 0 spiro atoms. The highest BCUT2D eigenvalue weighted by atomic mass is 16.5. The molecule has 0 fully saturated rings. The van der Waals surface area contributed by atoms with E-state index in [2.05, 4.69) is 114 Å². The summed E-state index contributed by atoms with van der Waals surface area (Å²) in [6.07, 6.45) is 3.92. The molecule has 1 aliphatic heterocycles. The fraction of sp³-hybridized carbons (Fsp3) is 0.270. The summed E-state index contributed by atoms with van der Waals surface area (Å²) in [6.45, 7) is 13.8. The molecule has 0 unspecified atom stereocenters. The molecule has 0 amide bonds. The molecular formula is C37H35NO. The molecule has 0 aliphatic carbocycles. The van der Waals surface area contributed by atoms with E-state index in [-0.39, 0.29) is 10.8 Å². The predicted octanol–water partition coefficient (Wildman–Crippen LogP) is 10.6. The van der Waals surface area contributed by atoms with Crippen LogP contribution in [-0.2, 0) is 12.8 Å². The summed E-state index contributed by atoms with van der Waals surface area (Å²) in [6, 6.07) is 26.7. The first-order chi connectivity index (χ1) is 18.6. The molecule has 0 saturated carbocycles. The minimum absolute atomic E-state index is 0.0992. The average Bonchev–Trinajstić information content (AvgIpc) is 2.86. The van der Waals surface area contributed by atoms with Crippen molar-refractivity contribution in [1.82, 2.24) is 4.98 Å². The van der Waals surface area contributed by atoms with Gasteiger partial charge in [-0.3, -0.25) is 4.98 Å². The third-order valence-corrected chi connectivity index (χ3v) is 7.89. The monoisotopic (exact) mass is 509 g/mol. The van der Waals surface area contributed by atoms with E-state index in [4.69, 9.17) is 9.72 Å². The van der Waals surface area contributed by atoms with Gasteiger partial charge in [-0.25, -0.2) is 0 Å². The van der Waals surface area contributed by atoms with Crippen LogP contribution in [0.25, 0.3) is 54.3 Å². The average molecular weight is 510 g/mol. The van der Waals surface area contributed by atoms with Gasteiger partial charge in [0, 0.05) is 17.3 Å². The standard InChI is InChI=1S/C37H35NO/c1-36(2,3)20-25-13-9-12-24-19-31-33-27(32(24)25)14-15-38-34(33)29-18-26-16-22-10-7-8-11-23(22)17-28(26)30(35(29)39-31)21-37(4,5)6/h7-19H,20-21H2,1-6H3. The second-order valence-corrected chi connectivity index (χ2v) is 13.7. The van der Waals surface area contributed by atoms with E-state index in [0.29, 0.717) is 0 Å². The van der Waals surface area contributed by atoms with Crippen LogP contribution in [0.5, 0.6) is 11.5 Å². The Kier molecular flexibility index (Phi) is 5.14. The molecule has 0 atom stereocenters. The molecule has 6 aromatic rings. The van der Waals surface area contributed by atoms with Gasteiger partial charge in [-0.2, -0.15) is 0 Å². The van der Waals surface area contributed by atoms with E-state index in [1.165, 1.54) is 48.8 Å². The summed E-state index contributed by atoms with van der Waals surface area (Å²) in [5, 5.41) is 9.93. The third kappa shape index (κ3) is 4.05. The molecule has 39 heavy (non-hydrogen) atoms. The van der Waals surface area contributed by atoms with Crippen LogP contribution in [0.1, 0.15) is 52.7 Å². The van der Waals surface area contributed by atoms with Gasteiger partial charge in [0.1, 0.15) is 11.5 Å². The van der Waals surface area contributed by atoms with Crippen LogP contribution in [0, 0.1) is 10.8 Å². The van der Waals surface area contributed by atoms with E-state index in [9.17, 15) is 0 Å². The van der Waals surface area contributed by atoms with Gasteiger partial charge in [-0.05, 0) is 97.3 Å². The van der Waals surface area contributed by atoms with Gasteiger partial charge in [0.15, 0.2) is 0 Å². The number of nitrogens with zero attached hydrogens (tertiary/aromatic N) is 1. The molecule has 194 valence electrons. The van der Waals surface area contributed by atoms with Crippen molar-refractivity contribution in [2.75, 3.05) is 0 Å². The highest BCUT2D eigenvalue weighted by Gasteiger charge is 2.29. The van der Waals surface area contributed by atoms with Crippen molar-refractivity contribution in [1.29, 1.82) is 0 Å². The first-order valence-corrected chi connectivity index (χ1v) is 14.1. The Morgan fingerprint density at radius 1 is 0.641 bits per heavy atom. The molecule has 2 nitrogen and oxygen atoms in total. The Balaban J connectivity index is 1.58. The van der Waals surface area contributed by atoms with Crippen molar-refractivity contribution < 1.29 is 4.74 Å². The van der Waals surface area contributed by atoms with E-state index < -0.39 is 0 Å². The number of aromatic nitrogens is 1. The van der Waals surface area contributed by atoms with Crippen LogP contribution in [0.4, 0.5) is 0 Å². The van der Waals surface area contributed by atoms with Crippen LogP contribution >= 0.6 is 0 Å². The fourth-order valence-electron chi connectivity index (χ4n) is 6.46. The van der Waals surface area contributed by atoms with Gasteiger partial charge < -0.3 is 4.74 Å². The number of fused-ring (bicyclic) bond motifs is 6. The Morgan fingerprint density at radius 2 is 1.36 bits per heavy atom. The molecule has 1 aliphatic rings. The second-order valence-electron chi connectivity index (χ2n) is 13.7. The Bertz CT molecular complexity index is 1950. The highest BCUT2D eigenvalue weighted by molar-refractivity contribution is 6.17. The molecule has 0 N–H and O–H groups in total. The largest absolute Gasteiger partial charge is 0.456 e. The van der Waals surface area contributed by atoms with E-state index in [1.54, 1.807) is 0 Å². The first-order valence-electron chi connectivity index (χ1n) is 14.1. The molecule has 0 radical (unpaired) electrons. The molecule has 0 bridgehead atoms. The lowest BCUT2D eigenvalue weighted by Gasteiger charge is -2.28. The number of pyridine rings is 1. The summed E-state index contributed by atoms with van der Waals surface area (Å²) in [5.74, 6) is 1.88. The lowest BCUT2D eigenvalue weighted by molar-refractivity contribution is 0.400. The summed E-state index contributed by atoms with van der Waals surface area (Å²) in [4.78, 5) is 5.02. The summed E-state index contributed by atoms with van der Waals surface area (Å²) in [7, 11) is 0. The summed E-state index contributed by atoms with van der Waals surface area (Å²) < 4.78 is 6.96. The van der Waals surface area contributed by atoms with Crippen LogP contribution in [0.15, 0.2) is 79.0 Å². The number of rotatable bonds is 2. The molecule has 5 aromatic carbocycles. The van der Waals surface area contributed by atoms with Crippen LogP contribution in [0.3, 0.4) is 0 Å². The molecule has 0 saturated heterocycles. The SMILES string of the molecule is CC(C)(C)Cc1c2c(cc3cc4ccccc4cc13)-c1nccc3c1c(cc1cccc(CC(C)(C)C)c13)O2. The lowest BCUT2D eigenvalue weighted by atomic mass is 9.82. The van der Waals surface area contributed by atoms with Gasteiger partial charge in [-0.15, -0.1) is 0 Å². The Morgan fingerprint density at radius 3 is 2.10 bits per heavy atom. The third-order valence-electron chi connectivity index (χ3n) is 7.89. The minimum Gasteiger partial charge on any atom is -0.456 e. The maximum Gasteiger partial charge on any atom is 0.140 e. The normalized spacial score (nSPS) is 13.3. The second kappa shape index (κ2) is 8.29.